The molecule has 0 saturated carbocycles. The third kappa shape index (κ3) is 2.54. The molecule has 0 radical (unpaired) electrons. The average molecular weight is 295 g/mol. The Labute approximate surface area is 119 Å². The van der Waals surface area contributed by atoms with Crippen LogP contribution in [0.25, 0.3) is 0 Å². The maximum Gasteiger partial charge on any atom is 0.322 e. The summed E-state index contributed by atoms with van der Waals surface area (Å²) in [5, 5.41) is 22.6. The van der Waals surface area contributed by atoms with Crippen molar-refractivity contribution in [2.75, 3.05) is 12.4 Å². The van der Waals surface area contributed by atoms with Gasteiger partial charge in [0.05, 0.1) is 4.92 Å². The summed E-state index contributed by atoms with van der Waals surface area (Å²) >= 11 is 1.09. The molecule has 2 rings (SSSR count). The van der Waals surface area contributed by atoms with E-state index in [9.17, 15) is 10.1 Å². The molecule has 0 saturated heterocycles. The highest BCUT2D eigenvalue weighted by atomic mass is 32.2. The largest absolute Gasteiger partial charge is 0.357 e. The molecule has 0 aliphatic rings. The lowest BCUT2D eigenvalue weighted by atomic mass is 10.4. The first-order valence-corrected chi connectivity index (χ1v) is 6.50. The Morgan fingerprint density at radius 1 is 1.30 bits per heavy atom. The minimum Gasteiger partial charge on any atom is -0.357 e. The van der Waals surface area contributed by atoms with Crippen molar-refractivity contribution >= 4 is 23.4 Å². The normalized spacial score (nSPS) is 10.6. The van der Waals surface area contributed by atoms with Gasteiger partial charge in [-0.15, -0.1) is 10.2 Å². The van der Waals surface area contributed by atoms with Crippen molar-refractivity contribution < 1.29 is 4.92 Å². The van der Waals surface area contributed by atoms with Gasteiger partial charge >= 0.3 is 5.69 Å². The van der Waals surface area contributed by atoms with Crippen LogP contribution >= 0.6 is 11.8 Å². The number of rotatable bonds is 4. The van der Waals surface area contributed by atoms with Crippen molar-refractivity contribution in [2.24, 2.45) is 7.05 Å². The van der Waals surface area contributed by atoms with Gasteiger partial charge in [-0.1, -0.05) is 0 Å². The molecular weight excluding hydrogens is 282 g/mol. The monoisotopic (exact) mass is 295 g/mol. The number of nitrogens with one attached hydrogen (secondary N) is 1. The summed E-state index contributed by atoms with van der Waals surface area (Å²) in [6.45, 7) is 3.38. The predicted octanol–water partition coefficient (Wildman–Crippen LogP) is 1.32. The van der Waals surface area contributed by atoms with Crippen molar-refractivity contribution in [2.45, 2.75) is 24.0 Å². The maximum atomic E-state index is 11.2. The van der Waals surface area contributed by atoms with E-state index in [1.807, 2.05) is 0 Å². The highest BCUT2D eigenvalue weighted by molar-refractivity contribution is 7.99. The predicted molar refractivity (Wildman–Crippen MR) is 72.8 cm³/mol. The topological polar surface area (TPSA) is 112 Å². The molecule has 9 nitrogen and oxygen atoms in total. The smallest absolute Gasteiger partial charge is 0.322 e. The second-order valence-electron chi connectivity index (χ2n) is 3.98. The summed E-state index contributed by atoms with van der Waals surface area (Å²) in [6.07, 6.45) is 0. The Morgan fingerprint density at radius 2 is 2.00 bits per heavy atom. The highest BCUT2D eigenvalue weighted by Gasteiger charge is 2.24. The van der Waals surface area contributed by atoms with Crippen molar-refractivity contribution in [1.29, 1.82) is 0 Å². The van der Waals surface area contributed by atoms with Crippen LogP contribution < -0.4 is 5.32 Å². The van der Waals surface area contributed by atoms with E-state index in [4.69, 9.17) is 0 Å². The molecule has 2 aromatic rings. The molecule has 0 fully saturated rings. The van der Waals surface area contributed by atoms with Gasteiger partial charge in [0.1, 0.15) is 11.5 Å². The zero-order chi connectivity index (χ0) is 14.9. The molecule has 10 heteroatoms. The van der Waals surface area contributed by atoms with Crippen LogP contribution in [0, 0.1) is 24.0 Å². The first-order valence-electron chi connectivity index (χ1n) is 5.68. The van der Waals surface area contributed by atoms with Gasteiger partial charge in [-0.3, -0.25) is 10.1 Å². The SMILES string of the molecule is CNc1nc(C)c([N+](=O)[O-])c(Sc2nnc(C)n2C)n1. The van der Waals surface area contributed by atoms with Gasteiger partial charge in [0.25, 0.3) is 0 Å². The number of aromatic nitrogens is 5. The van der Waals surface area contributed by atoms with Gasteiger partial charge in [-0.2, -0.15) is 4.98 Å². The van der Waals surface area contributed by atoms with E-state index in [0.717, 1.165) is 17.6 Å². The zero-order valence-electron chi connectivity index (χ0n) is 11.4. The van der Waals surface area contributed by atoms with Crippen molar-refractivity contribution in [3.8, 4) is 0 Å². The number of nitrogens with zero attached hydrogens (tertiary/aromatic N) is 6. The molecule has 0 aliphatic heterocycles. The van der Waals surface area contributed by atoms with E-state index in [2.05, 4.69) is 25.5 Å². The van der Waals surface area contributed by atoms with Crippen LogP contribution in [0.2, 0.25) is 0 Å². The number of hydrogen-bond donors (Lipinski definition) is 1. The maximum absolute atomic E-state index is 11.2. The van der Waals surface area contributed by atoms with E-state index in [1.165, 1.54) is 0 Å². The van der Waals surface area contributed by atoms with Gasteiger partial charge in [0, 0.05) is 14.1 Å². The van der Waals surface area contributed by atoms with Crippen LogP contribution in [0.1, 0.15) is 11.5 Å². The molecule has 0 atom stereocenters. The Hall–Kier alpha value is -2.23. The average Bonchev–Trinajstić information content (AvgIpc) is 2.69. The van der Waals surface area contributed by atoms with E-state index in [1.54, 1.807) is 32.5 Å². The minimum absolute atomic E-state index is 0.116. The Balaban J connectivity index is 2.51. The number of anilines is 1. The van der Waals surface area contributed by atoms with Crippen LogP contribution in [0.15, 0.2) is 10.2 Å². The van der Waals surface area contributed by atoms with Crippen LogP contribution in [-0.2, 0) is 7.05 Å². The minimum atomic E-state index is -0.486. The lowest BCUT2D eigenvalue weighted by molar-refractivity contribution is -0.389. The molecule has 20 heavy (non-hydrogen) atoms. The van der Waals surface area contributed by atoms with Crippen LogP contribution in [0.5, 0.6) is 0 Å². The standard InChI is InChI=1S/C10H13N7O2S/c1-5-7(17(18)19)8(13-9(11-3)12-5)20-10-15-14-6(2)16(10)4/h1-4H3,(H,11,12,13). The molecular formula is C10H13N7O2S. The van der Waals surface area contributed by atoms with Gasteiger partial charge in [-0.25, -0.2) is 4.98 Å². The second-order valence-corrected chi connectivity index (χ2v) is 4.94. The molecule has 0 aliphatic carbocycles. The zero-order valence-corrected chi connectivity index (χ0v) is 12.2. The van der Waals surface area contributed by atoms with Crippen LogP contribution in [0.4, 0.5) is 11.6 Å². The van der Waals surface area contributed by atoms with Gasteiger partial charge in [-0.05, 0) is 25.6 Å². The van der Waals surface area contributed by atoms with Crippen LogP contribution in [-0.4, -0.2) is 36.7 Å². The molecule has 1 N–H and O–H groups in total. The van der Waals surface area contributed by atoms with Gasteiger partial charge < -0.3 is 9.88 Å². The molecule has 0 bridgehead atoms. The third-order valence-electron chi connectivity index (χ3n) is 2.67. The Morgan fingerprint density at radius 3 is 2.50 bits per heavy atom. The van der Waals surface area contributed by atoms with E-state index in [0.29, 0.717) is 16.8 Å². The van der Waals surface area contributed by atoms with E-state index >= 15 is 0 Å². The van der Waals surface area contributed by atoms with E-state index in [-0.39, 0.29) is 10.7 Å². The highest BCUT2D eigenvalue weighted by Crippen LogP contribution is 2.34. The fraction of sp³-hybridized carbons (Fsp3) is 0.400. The Bertz CT molecular complexity index is 670. The Kier molecular flexibility index (Phi) is 3.84. The number of hydrogen-bond acceptors (Lipinski definition) is 8. The first kappa shape index (κ1) is 14.2. The lowest BCUT2D eigenvalue weighted by Gasteiger charge is -2.06. The molecule has 0 unspecified atom stereocenters. The summed E-state index contributed by atoms with van der Waals surface area (Å²) < 4.78 is 1.74. The molecule has 106 valence electrons. The van der Waals surface area contributed by atoms with Gasteiger partial charge in [0.2, 0.25) is 5.95 Å². The van der Waals surface area contributed by atoms with E-state index < -0.39 is 4.92 Å². The molecule has 2 heterocycles. The summed E-state index contributed by atoms with van der Waals surface area (Å²) in [5.41, 5.74) is 0.186. The van der Waals surface area contributed by atoms with Crippen molar-refractivity contribution in [3.05, 3.63) is 21.6 Å². The summed E-state index contributed by atoms with van der Waals surface area (Å²) in [7, 11) is 3.44. The van der Waals surface area contributed by atoms with Crippen molar-refractivity contribution in [3.63, 3.8) is 0 Å². The molecule has 0 aromatic carbocycles. The summed E-state index contributed by atoms with van der Waals surface area (Å²) in [4.78, 5) is 18.8. The molecule has 0 spiro atoms. The van der Waals surface area contributed by atoms with Crippen molar-refractivity contribution in [1.82, 2.24) is 24.7 Å². The fourth-order valence-electron chi connectivity index (χ4n) is 1.50. The number of nitro groups is 1. The summed E-state index contributed by atoms with van der Waals surface area (Å²) in [6, 6.07) is 0. The summed E-state index contributed by atoms with van der Waals surface area (Å²) in [5.74, 6) is 1.05. The molecule has 0 amide bonds. The van der Waals surface area contributed by atoms with Gasteiger partial charge in [0.15, 0.2) is 10.2 Å². The molecule has 2 aromatic heterocycles. The van der Waals surface area contributed by atoms with Crippen LogP contribution in [0.3, 0.4) is 0 Å². The quantitative estimate of drug-likeness (QED) is 0.510. The number of aryl methyl sites for hydroxylation is 2. The third-order valence-corrected chi connectivity index (χ3v) is 3.69. The fourth-order valence-corrected chi connectivity index (χ4v) is 2.47. The lowest BCUT2D eigenvalue weighted by Crippen LogP contribution is -2.05. The first-order chi connectivity index (χ1) is 9.43. The second kappa shape index (κ2) is 5.41.